The van der Waals surface area contributed by atoms with Crippen LogP contribution in [0.5, 0.6) is 5.75 Å². The summed E-state index contributed by atoms with van der Waals surface area (Å²) in [7, 11) is 1.61. The number of β-amino-alcohol motifs (C(OH)–C–C–N with tert-alkyl or cyclic N) is 1. The van der Waals surface area contributed by atoms with Gasteiger partial charge < -0.3 is 25.2 Å². The molecule has 148 valence electrons. The number of piperidine rings is 1. The molecular formula is C18H26N4O5. The number of ether oxygens (including phenoxy) is 1. The van der Waals surface area contributed by atoms with Crippen molar-refractivity contribution in [3.05, 3.63) is 30.5 Å². The lowest BCUT2D eigenvalue weighted by Gasteiger charge is -2.43. The standard InChI is InChI=1S/C18H26N4O5/c1-27-16-6-3-2-5-12(16)13-9-22(20-19-13)8-4-7-21-10-15(24)18(26)17(25)14(21)11-23/h2-3,5-6,9,14-15,17-18,23-26H,4,7-8,10-11H2,1H3/t14-,15+,17-,18-/m1/s1. The SMILES string of the molecule is COc1ccccc1-c1cn(CCCN2C[C@H](O)[C@@H](O)[C@H](O)[C@H]2CO)nn1. The monoisotopic (exact) mass is 378 g/mol. The normalized spacial score (nSPS) is 26.3. The molecule has 1 aromatic heterocycles. The van der Waals surface area contributed by atoms with E-state index in [2.05, 4.69) is 10.3 Å². The Morgan fingerprint density at radius 1 is 1.15 bits per heavy atom. The lowest BCUT2D eigenvalue weighted by molar-refractivity contribution is -0.145. The average molecular weight is 378 g/mol. The van der Waals surface area contributed by atoms with Crippen LogP contribution in [0.15, 0.2) is 30.5 Å². The minimum Gasteiger partial charge on any atom is -0.496 e. The summed E-state index contributed by atoms with van der Waals surface area (Å²) in [5.74, 6) is 0.727. The van der Waals surface area contributed by atoms with Gasteiger partial charge in [0, 0.05) is 25.2 Å². The zero-order valence-corrected chi connectivity index (χ0v) is 15.2. The molecule has 27 heavy (non-hydrogen) atoms. The summed E-state index contributed by atoms with van der Waals surface area (Å²) in [6, 6.07) is 6.99. The van der Waals surface area contributed by atoms with Gasteiger partial charge in [-0.05, 0) is 18.6 Å². The first kappa shape index (κ1) is 19.7. The van der Waals surface area contributed by atoms with Crippen molar-refractivity contribution in [3.63, 3.8) is 0 Å². The first-order valence-corrected chi connectivity index (χ1v) is 8.97. The van der Waals surface area contributed by atoms with Crippen molar-refractivity contribution in [2.45, 2.75) is 37.3 Å². The van der Waals surface area contributed by atoms with Crippen LogP contribution in [0, 0.1) is 0 Å². The van der Waals surface area contributed by atoms with Crippen molar-refractivity contribution >= 4 is 0 Å². The van der Waals surface area contributed by atoms with E-state index >= 15 is 0 Å². The fourth-order valence-corrected chi connectivity index (χ4v) is 3.46. The Morgan fingerprint density at radius 2 is 1.93 bits per heavy atom. The maximum absolute atomic E-state index is 10.0. The maximum atomic E-state index is 10.0. The van der Waals surface area contributed by atoms with Crippen LogP contribution in [0.25, 0.3) is 11.3 Å². The minimum absolute atomic E-state index is 0.202. The van der Waals surface area contributed by atoms with Gasteiger partial charge in [0.1, 0.15) is 23.7 Å². The molecular weight excluding hydrogens is 352 g/mol. The molecule has 4 atom stereocenters. The third-order valence-electron chi connectivity index (χ3n) is 4.97. The van der Waals surface area contributed by atoms with E-state index in [-0.39, 0.29) is 13.2 Å². The van der Waals surface area contributed by atoms with E-state index in [4.69, 9.17) is 4.74 Å². The smallest absolute Gasteiger partial charge is 0.128 e. The van der Waals surface area contributed by atoms with Crippen LogP contribution in [0.1, 0.15) is 6.42 Å². The largest absolute Gasteiger partial charge is 0.496 e. The van der Waals surface area contributed by atoms with Gasteiger partial charge in [0.15, 0.2) is 0 Å². The van der Waals surface area contributed by atoms with Crippen molar-refractivity contribution in [2.75, 3.05) is 26.8 Å². The molecule has 9 heteroatoms. The number of rotatable bonds is 7. The Bertz CT molecular complexity index is 740. The van der Waals surface area contributed by atoms with Crippen LogP contribution in [0.2, 0.25) is 0 Å². The number of aliphatic hydroxyl groups is 4. The van der Waals surface area contributed by atoms with Gasteiger partial charge in [-0.1, -0.05) is 17.3 Å². The average Bonchev–Trinajstić information content (AvgIpc) is 3.15. The highest BCUT2D eigenvalue weighted by Gasteiger charge is 2.40. The van der Waals surface area contributed by atoms with Gasteiger partial charge in [0.25, 0.3) is 0 Å². The first-order chi connectivity index (χ1) is 13.0. The van der Waals surface area contributed by atoms with Gasteiger partial charge >= 0.3 is 0 Å². The van der Waals surface area contributed by atoms with Crippen molar-refractivity contribution < 1.29 is 25.2 Å². The molecule has 1 aliphatic rings. The van der Waals surface area contributed by atoms with Crippen LogP contribution in [-0.2, 0) is 6.54 Å². The second-order valence-electron chi connectivity index (χ2n) is 6.71. The van der Waals surface area contributed by atoms with Crippen molar-refractivity contribution in [1.82, 2.24) is 19.9 Å². The number of aromatic nitrogens is 3. The minimum atomic E-state index is -1.24. The lowest BCUT2D eigenvalue weighted by Crippen LogP contribution is -2.62. The van der Waals surface area contributed by atoms with Crippen LogP contribution in [0.4, 0.5) is 0 Å². The van der Waals surface area contributed by atoms with E-state index in [0.29, 0.717) is 25.2 Å². The summed E-state index contributed by atoms with van der Waals surface area (Å²) in [5.41, 5.74) is 1.58. The Labute approximate surface area is 157 Å². The highest BCUT2D eigenvalue weighted by molar-refractivity contribution is 5.65. The van der Waals surface area contributed by atoms with E-state index in [9.17, 15) is 20.4 Å². The Kier molecular flexibility index (Phi) is 6.40. The van der Waals surface area contributed by atoms with E-state index in [1.54, 1.807) is 16.7 Å². The number of aryl methyl sites for hydroxylation is 1. The first-order valence-electron chi connectivity index (χ1n) is 8.97. The summed E-state index contributed by atoms with van der Waals surface area (Å²) in [5, 5.41) is 47.5. The zero-order chi connectivity index (χ0) is 19.4. The molecule has 1 saturated heterocycles. The lowest BCUT2D eigenvalue weighted by atomic mass is 9.94. The number of benzene rings is 1. The highest BCUT2D eigenvalue weighted by Crippen LogP contribution is 2.27. The van der Waals surface area contributed by atoms with E-state index in [0.717, 1.165) is 11.3 Å². The number of para-hydroxylation sites is 1. The Morgan fingerprint density at radius 3 is 2.67 bits per heavy atom. The molecule has 1 aromatic carbocycles. The quantitative estimate of drug-likeness (QED) is 0.489. The molecule has 0 aliphatic carbocycles. The van der Waals surface area contributed by atoms with Gasteiger partial charge in [-0.2, -0.15) is 0 Å². The fraction of sp³-hybridized carbons (Fsp3) is 0.556. The van der Waals surface area contributed by atoms with Crippen LogP contribution in [-0.4, -0.2) is 91.5 Å². The second kappa shape index (κ2) is 8.77. The van der Waals surface area contributed by atoms with Gasteiger partial charge in [0.2, 0.25) is 0 Å². The molecule has 0 amide bonds. The zero-order valence-electron chi connectivity index (χ0n) is 15.2. The van der Waals surface area contributed by atoms with Crippen LogP contribution >= 0.6 is 0 Å². The van der Waals surface area contributed by atoms with Crippen LogP contribution in [0.3, 0.4) is 0 Å². The molecule has 4 N–H and O–H groups in total. The predicted molar refractivity (Wildman–Crippen MR) is 97.1 cm³/mol. The molecule has 1 fully saturated rings. The molecule has 2 heterocycles. The number of nitrogens with zero attached hydrogens (tertiary/aromatic N) is 4. The molecule has 0 radical (unpaired) electrons. The third kappa shape index (κ3) is 4.28. The van der Waals surface area contributed by atoms with E-state index in [1.807, 2.05) is 30.5 Å². The molecule has 0 spiro atoms. The Hall–Kier alpha value is -2.04. The van der Waals surface area contributed by atoms with Crippen molar-refractivity contribution in [1.29, 1.82) is 0 Å². The second-order valence-corrected chi connectivity index (χ2v) is 6.71. The number of hydrogen-bond donors (Lipinski definition) is 4. The molecule has 0 bridgehead atoms. The summed E-state index contributed by atoms with van der Waals surface area (Å²) in [6.45, 7) is 1.04. The maximum Gasteiger partial charge on any atom is 0.128 e. The van der Waals surface area contributed by atoms with Gasteiger partial charge in [-0.15, -0.1) is 5.10 Å². The number of aliphatic hydroxyl groups excluding tert-OH is 4. The fourth-order valence-electron chi connectivity index (χ4n) is 3.46. The molecule has 9 nitrogen and oxygen atoms in total. The summed E-state index contributed by atoms with van der Waals surface area (Å²) < 4.78 is 7.07. The van der Waals surface area contributed by atoms with Gasteiger partial charge in [-0.25, -0.2) is 0 Å². The number of hydrogen-bond acceptors (Lipinski definition) is 8. The number of likely N-dealkylation sites (tertiary alicyclic amines) is 1. The summed E-state index contributed by atoms with van der Waals surface area (Å²) >= 11 is 0. The van der Waals surface area contributed by atoms with Gasteiger partial charge in [0.05, 0.1) is 32.1 Å². The van der Waals surface area contributed by atoms with E-state index in [1.165, 1.54) is 0 Å². The molecule has 3 rings (SSSR count). The molecule has 1 aliphatic heterocycles. The van der Waals surface area contributed by atoms with Crippen LogP contribution < -0.4 is 4.74 Å². The number of methoxy groups -OCH3 is 1. The van der Waals surface area contributed by atoms with Crippen molar-refractivity contribution in [3.8, 4) is 17.0 Å². The van der Waals surface area contributed by atoms with Crippen molar-refractivity contribution in [2.24, 2.45) is 0 Å². The van der Waals surface area contributed by atoms with Gasteiger partial charge in [-0.3, -0.25) is 9.58 Å². The third-order valence-corrected chi connectivity index (χ3v) is 4.97. The highest BCUT2D eigenvalue weighted by atomic mass is 16.5. The summed E-state index contributed by atoms with van der Waals surface area (Å²) in [4.78, 5) is 1.79. The molecule has 0 unspecified atom stereocenters. The Balaban J connectivity index is 1.59. The topological polar surface area (TPSA) is 124 Å². The predicted octanol–water partition coefficient (Wildman–Crippen LogP) is -0.897. The summed E-state index contributed by atoms with van der Waals surface area (Å²) in [6.07, 6.45) is -0.933. The van der Waals surface area contributed by atoms with E-state index < -0.39 is 24.4 Å². The molecule has 2 aromatic rings. The molecule has 0 saturated carbocycles.